The first kappa shape index (κ1) is 13.2. The number of rotatable bonds is 3. The average Bonchev–Trinajstić information content (AvgIpc) is 2.33. The van der Waals surface area contributed by atoms with E-state index in [0.29, 0.717) is 0 Å². The van der Waals surface area contributed by atoms with E-state index in [4.69, 9.17) is 5.11 Å². The van der Waals surface area contributed by atoms with Crippen LogP contribution in [0, 0.1) is 5.92 Å². The standard InChI is InChI=1S/C13H23NO2S/c1-14-8-6-12(7-9-14)17-11-4-2-10(3-5-11)13(15)16/h10-12H,2-9H2,1H3,(H,15,16). The first-order chi connectivity index (χ1) is 8.15. The molecule has 0 aromatic carbocycles. The third-order valence-corrected chi connectivity index (χ3v) is 5.79. The normalized spacial score (nSPS) is 32.5. The molecule has 2 fully saturated rings. The molecule has 4 heteroatoms. The Kier molecular flexibility index (Phi) is 4.74. The van der Waals surface area contributed by atoms with Crippen LogP contribution in [0.2, 0.25) is 0 Å². The molecule has 1 aliphatic carbocycles. The highest BCUT2D eigenvalue weighted by Gasteiger charge is 2.28. The van der Waals surface area contributed by atoms with E-state index in [0.717, 1.165) is 36.2 Å². The van der Waals surface area contributed by atoms with E-state index in [9.17, 15) is 4.79 Å². The predicted octanol–water partition coefficient (Wildman–Crippen LogP) is 2.46. The summed E-state index contributed by atoms with van der Waals surface area (Å²) in [7, 11) is 2.19. The summed E-state index contributed by atoms with van der Waals surface area (Å²) in [4.78, 5) is 13.3. The molecule has 0 bridgehead atoms. The molecule has 1 saturated heterocycles. The van der Waals surface area contributed by atoms with Crippen molar-refractivity contribution in [3.05, 3.63) is 0 Å². The highest BCUT2D eigenvalue weighted by atomic mass is 32.2. The number of thioether (sulfide) groups is 1. The molecular formula is C13H23NO2S. The van der Waals surface area contributed by atoms with Crippen molar-refractivity contribution in [1.82, 2.24) is 4.90 Å². The van der Waals surface area contributed by atoms with Crippen molar-refractivity contribution in [3.63, 3.8) is 0 Å². The lowest BCUT2D eigenvalue weighted by molar-refractivity contribution is -0.142. The topological polar surface area (TPSA) is 40.5 Å². The predicted molar refractivity (Wildman–Crippen MR) is 71.5 cm³/mol. The molecule has 2 aliphatic rings. The van der Waals surface area contributed by atoms with E-state index in [2.05, 4.69) is 23.7 Å². The third kappa shape index (κ3) is 3.88. The van der Waals surface area contributed by atoms with Crippen molar-refractivity contribution in [3.8, 4) is 0 Å². The van der Waals surface area contributed by atoms with Gasteiger partial charge in [0.2, 0.25) is 0 Å². The summed E-state index contributed by atoms with van der Waals surface area (Å²) in [5.74, 6) is -0.655. The van der Waals surface area contributed by atoms with Crippen molar-refractivity contribution in [2.45, 2.75) is 49.0 Å². The smallest absolute Gasteiger partial charge is 0.306 e. The summed E-state index contributed by atoms with van der Waals surface area (Å²) in [5, 5.41) is 10.5. The molecule has 98 valence electrons. The van der Waals surface area contributed by atoms with Gasteiger partial charge in [-0.05, 0) is 58.7 Å². The molecule has 0 aromatic heterocycles. The van der Waals surface area contributed by atoms with Crippen molar-refractivity contribution in [1.29, 1.82) is 0 Å². The number of piperidine rings is 1. The van der Waals surface area contributed by atoms with Crippen molar-refractivity contribution in [2.75, 3.05) is 20.1 Å². The van der Waals surface area contributed by atoms with Crippen molar-refractivity contribution in [2.24, 2.45) is 5.92 Å². The second-order valence-corrected chi connectivity index (χ2v) is 7.06. The summed E-state index contributed by atoms with van der Waals surface area (Å²) >= 11 is 2.14. The minimum absolute atomic E-state index is 0.0654. The van der Waals surface area contributed by atoms with Crippen LogP contribution in [0.25, 0.3) is 0 Å². The Balaban J connectivity index is 1.69. The monoisotopic (exact) mass is 257 g/mol. The minimum atomic E-state index is -0.590. The first-order valence-electron chi connectivity index (χ1n) is 6.72. The maximum Gasteiger partial charge on any atom is 0.306 e. The average molecular weight is 257 g/mol. The van der Waals surface area contributed by atoms with Gasteiger partial charge in [0, 0.05) is 10.5 Å². The summed E-state index contributed by atoms with van der Waals surface area (Å²) < 4.78 is 0. The zero-order chi connectivity index (χ0) is 12.3. The molecule has 0 atom stereocenters. The summed E-state index contributed by atoms with van der Waals surface area (Å²) in [6, 6.07) is 0. The first-order valence-corrected chi connectivity index (χ1v) is 7.66. The molecule has 2 rings (SSSR count). The van der Waals surface area contributed by atoms with Crippen molar-refractivity contribution < 1.29 is 9.90 Å². The molecule has 17 heavy (non-hydrogen) atoms. The second kappa shape index (κ2) is 6.10. The molecule has 0 spiro atoms. The van der Waals surface area contributed by atoms with Crippen LogP contribution in [0.4, 0.5) is 0 Å². The van der Waals surface area contributed by atoms with Crippen molar-refractivity contribution >= 4 is 17.7 Å². The Labute approximate surface area is 108 Å². The number of carbonyl (C=O) groups is 1. The van der Waals surface area contributed by atoms with E-state index in [1.165, 1.54) is 25.9 Å². The molecule has 1 N–H and O–H groups in total. The molecule has 1 heterocycles. The number of aliphatic carboxylic acids is 1. The van der Waals surface area contributed by atoms with Gasteiger partial charge in [-0.25, -0.2) is 0 Å². The SMILES string of the molecule is CN1CCC(SC2CCC(C(=O)O)CC2)CC1. The lowest BCUT2D eigenvalue weighted by Crippen LogP contribution is -2.33. The molecule has 3 nitrogen and oxygen atoms in total. The number of carboxylic acid groups (broad SMARTS) is 1. The number of hydrogen-bond acceptors (Lipinski definition) is 3. The second-order valence-electron chi connectivity index (χ2n) is 5.45. The molecule has 0 aromatic rings. The lowest BCUT2D eigenvalue weighted by atomic mass is 9.89. The van der Waals surface area contributed by atoms with E-state index in [1.807, 2.05) is 0 Å². The molecule has 0 unspecified atom stereocenters. The number of nitrogens with zero attached hydrogens (tertiary/aromatic N) is 1. The Morgan fingerprint density at radius 1 is 1.06 bits per heavy atom. The Hall–Kier alpha value is -0.220. The number of carboxylic acids is 1. The quantitative estimate of drug-likeness (QED) is 0.843. The van der Waals surface area contributed by atoms with Gasteiger partial charge >= 0.3 is 5.97 Å². The largest absolute Gasteiger partial charge is 0.481 e. The maximum atomic E-state index is 10.9. The van der Waals surface area contributed by atoms with Gasteiger partial charge in [-0.3, -0.25) is 4.79 Å². The van der Waals surface area contributed by atoms with Crippen LogP contribution in [0.1, 0.15) is 38.5 Å². The van der Waals surface area contributed by atoms with Gasteiger partial charge in [0.15, 0.2) is 0 Å². The zero-order valence-electron chi connectivity index (χ0n) is 10.6. The van der Waals surface area contributed by atoms with Gasteiger partial charge in [0.1, 0.15) is 0 Å². The van der Waals surface area contributed by atoms with Crippen LogP contribution in [-0.2, 0) is 4.79 Å². The molecule has 1 aliphatic heterocycles. The van der Waals surface area contributed by atoms with E-state index >= 15 is 0 Å². The van der Waals surface area contributed by atoms with E-state index in [-0.39, 0.29) is 5.92 Å². The van der Waals surface area contributed by atoms with Gasteiger partial charge in [0.05, 0.1) is 5.92 Å². The zero-order valence-corrected chi connectivity index (χ0v) is 11.4. The summed E-state index contributed by atoms with van der Waals surface area (Å²) in [6.45, 7) is 2.45. The Morgan fingerprint density at radius 2 is 1.59 bits per heavy atom. The van der Waals surface area contributed by atoms with Gasteiger partial charge in [-0.2, -0.15) is 11.8 Å². The summed E-state index contributed by atoms with van der Waals surface area (Å²) in [6.07, 6.45) is 6.60. The van der Waals surface area contributed by atoms with Crippen LogP contribution in [0.5, 0.6) is 0 Å². The molecule has 0 amide bonds. The maximum absolute atomic E-state index is 10.9. The van der Waals surface area contributed by atoms with Crippen LogP contribution in [-0.4, -0.2) is 46.6 Å². The van der Waals surface area contributed by atoms with E-state index < -0.39 is 5.97 Å². The molecule has 0 radical (unpaired) electrons. The van der Waals surface area contributed by atoms with E-state index in [1.54, 1.807) is 0 Å². The fraction of sp³-hybridized carbons (Fsp3) is 0.923. The van der Waals surface area contributed by atoms with Gasteiger partial charge in [0.25, 0.3) is 0 Å². The number of likely N-dealkylation sites (tertiary alicyclic amines) is 1. The fourth-order valence-corrected chi connectivity index (χ4v) is 4.41. The molecule has 1 saturated carbocycles. The summed E-state index contributed by atoms with van der Waals surface area (Å²) in [5.41, 5.74) is 0. The molecular weight excluding hydrogens is 234 g/mol. The van der Waals surface area contributed by atoms with Gasteiger partial charge < -0.3 is 10.0 Å². The van der Waals surface area contributed by atoms with Crippen LogP contribution >= 0.6 is 11.8 Å². The third-order valence-electron chi connectivity index (χ3n) is 4.07. The van der Waals surface area contributed by atoms with Gasteiger partial charge in [-0.15, -0.1) is 0 Å². The van der Waals surface area contributed by atoms with Crippen LogP contribution in [0.3, 0.4) is 0 Å². The highest BCUT2D eigenvalue weighted by Crippen LogP contribution is 2.36. The Bertz CT molecular complexity index is 256. The Morgan fingerprint density at radius 3 is 2.12 bits per heavy atom. The van der Waals surface area contributed by atoms with Crippen LogP contribution in [0.15, 0.2) is 0 Å². The fourth-order valence-electron chi connectivity index (χ4n) is 2.84. The number of hydrogen-bond donors (Lipinski definition) is 1. The lowest BCUT2D eigenvalue weighted by Gasteiger charge is -2.33. The minimum Gasteiger partial charge on any atom is -0.481 e. The van der Waals surface area contributed by atoms with Gasteiger partial charge in [-0.1, -0.05) is 0 Å². The highest BCUT2D eigenvalue weighted by molar-refractivity contribution is 8.00. The van der Waals surface area contributed by atoms with Crippen LogP contribution < -0.4 is 0 Å².